The largest absolute Gasteiger partial charge is 0.300 e. The van der Waals surface area contributed by atoms with Crippen LogP contribution in [0.2, 0.25) is 0 Å². The van der Waals surface area contributed by atoms with E-state index in [2.05, 4.69) is 36.2 Å². The van der Waals surface area contributed by atoms with Crippen LogP contribution in [0.5, 0.6) is 0 Å². The summed E-state index contributed by atoms with van der Waals surface area (Å²) in [6.07, 6.45) is 5.77. The lowest BCUT2D eigenvalue weighted by Gasteiger charge is -2.30. The lowest BCUT2D eigenvalue weighted by Crippen LogP contribution is -2.38. The van der Waals surface area contributed by atoms with Crippen molar-refractivity contribution < 1.29 is 8.42 Å². The Bertz CT molecular complexity index is 508. The standard InChI is InChI=1S/C15H21NO2S/c1-16(15-9-12-19(17,18)13-10-15)11-5-8-14-6-3-2-4-7-14/h2-8,15H,9-13H2,1H3. The van der Waals surface area contributed by atoms with Gasteiger partial charge in [0.15, 0.2) is 0 Å². The van der Waals surface area contributed by atoms with E-state index in [0.717, 1.165) is 19.4 Å². The smallest absolute Gasteiger partial charge is 0.150 e. The summed E-state index contributed by atoms with van der Waals surface area (Å²) in [4.78, 5) is 2.24. The van der Waals surface area contributed by atoms with Gasteiger partial charge in [-0.05, 0) is 25.5 Å². The first-order valence-electron chi connectivity index (χ1n) is 6.69. The Morgan fingerprint density at radius 2 is 1.84 bits per heavy atom. The molecule has 0 unspecified atom stereocenters. The Hall–Kier alpha value is -1.13. The number of rotatable bonds is 4. The zero-order valence-electron chi connectivity index (χ0n) is 11.3. The van der Waals surface area contributed by atoms with E-state index in [1.165, 1.54) is 5.56 Å². The van der Waals surface area contributed by atoms with Gasteiger partial charge in [-0.2, -0.15) is 0 Å². The van der Waals surface area contributed by atoms with Gasteiger partial charge in [-0.1, -0.05) is 42.5 Å². The van der Waals surface area contributed by atoms with Crippen LogP contribution in [0.25, 0.3) is 6.08 Å². The van der Waals surface area contributed by atoms with Gasteiger partial charge in [-0.15, -0.1) is 0 Å². The van der Waals surface area contributed by atoms with Crippen molar-refractivity contribution in [2.75, 3.05) is 25.1 Å². The molecule has 1 aliphatic rings. The van der Waals surface area contributed by atoms with E-state index in [9.17, 15) is 8.42 Å². The minimum atomic E-state index is -2.76. The van der Waals surface area contributed by atoms with Gasteiger partial charge in [-0.3, -0.25) is 4.90 Å². The predicted molar refractivity (Wildman–Crippen MR) is 79.8 cm³/mol. The molecule has 0 radical (unpaired) electrons. The van der Waals surface area contributed by atoms with E-state index in [4.69, 9.17) is 0 Å². The zero-order valence-corrected chi connectivity index (χ0v) is 12.1. The first-order chi connectivity index (χ1) is 9.07. The summed E-state index contributed by atoms with van der Waals surface area (Å²) in [5.41, 5.74) is 1.20. The molecule has 0 saturated carbocycles. The molecule has 1 fully saturated rings. The molecule has 19 heavy (non-hydrogen) atoms. The Morgan fingerprint density at radius 3 is 2.47 bits per heavy atom. The highest BCUT2D eigenvalue weighted by Crippen LogP contribution is 2.16. The van der Waals surface area contributed by atoms with Gasteiger partial charge >= 0.3 is 0 Å². The van der Waals surface area contributed by atoms with Gasteiger partial charge in [-0.25, -0.2) is 8.42 Å². The molecule has 2 rings (SSSR count). The van der Waals surface area contributed by atoms with Crippen LogP contribution in [0.3, 0.4) is 0 Å². The lowest BCUT2D eigenvalue weighted by atomic mass is 10.1. The summed E-state index contributed by atoms with van der Waals surface area (Å²) in [7, 11) is -0.690. The van der Waals surface area contributed by atoms with E-state index in [0.29, 0.717) is 17.5 Å². The van der Waals surface area contributed by atoms with Gasteiger partial charge in [0.05, 0.1) is 11.5 Å². The van der Waals surface area contributed by atoms with Crippen molar-refractivity contribution in [2.45, 2.75) is 18.9 Å². The van der Waals surface area contributed by atoms with Crippen molar-refractivity contribution in [2.24, 2.45) is 0 Å². The number of hydrogen-bond acceptors (Lipinski definition) is 3. The third-order valence-electron chi connectivity index (χ3n) is 3.65. The molecular weight excluding hydrogens is 258 g/mol. The second-order valence-electron chi connectivity index (χ2n) is 5.14. The van der Waals surface area contributed by atoms with Crippen LogP contribution < -0.4 is 0 Å². The fraction of sp³-hybridized carbons (Fsp3) is 0.467. The maximum atomic E-state index is 11.4. The molecule has 104 valence electrons. The summed E-state index contributed by atoms with van der Waals surface area (Å²) in [6, 6.07) is 10.6. The first kappa shape index (κ1) is 14.3. The SMILES string of the molecule is CN(CC=Cc1ccccc1)C1CCS(=O)(=O)CC1. The maximum Gasteiger partial charge on any atom is 0.150 e. The van der Waals surface area contributed by atoms with Gasteiger partial charge in [0.1, 0.15) is 9.84 Å². The molecule has 4 heteroatoms. The number of benzene rings is 1. The van der Waals surface area contributed by atoms with E-state index < -0.39 is 9.84 Å². The first-order valence-corrected chi connectivity index (χ1v) is 8.51. The minimum absolute atomic E-state index is 0.338. The Morgan fingerprint density at radius 1 is 1.21 bits per heavy atom. The van der Waals surface area contributed by atoms with Gasteiger partial charge in [0.2, 0.25) is 0 Å². The van der Waals surface area contributed by atoms with Crippen LogP contribution in [0.15, 0.2) is 36.4 Å². The van der Waals surface area contributed by atoms with Crippen molar-refractivity contribution in [3.05, 3.63) is 42.0 Å². The molecule has 1 saturated heterocycles. The zero-order chi connectivity index (χ0) is 13.7. The molecule has 0 spiro atoms. The van der Waals surface area contributed by atoms with Crippen LogP contribution in [-0.4, -0.2) is 44.5 Å². The predicted octanol–water partition coefficient (Wildman–Crippen LogP) is 2.21. The molecule has 1 aromatic rings. The highest BCUT2D eigenvalue weighted by atomic mass is 32.2. The highest BCUT2D eigenvalue weighted by Gasteiger charge is 2.25. The van der Waals surface area contributed by atoms with E-state index >= 15 is 0 Å². The van der Waals surface area contributed by atoms with Crippen LogP contribution in [-0.2, 0) is 9.84 Å². The summed E-state index contributed by atoms with van der Waals surface area (Å²) in [6.45, 7) is 0.861. The minimum Gasteiger partial charge on any atom is -0.300 e. The van der Waals surface area contributed by atoms with Crippen LogP contribution in [0.1, 0.15) is 18.4 Å². The quantitative estimate of drug-likeness (QED) is 0.848. The van der Waals surface area contributed by atoms with Crippen LogP contribution in [0, 0.1) is 0 Å². The van der Waals surface area contributed by atoms with Gasteiger partial charge in [0.25, 0.3) is 0 Å². The third kappa shape index (κ3) is 4.48. The molecule has 1 heterocycles. The Balaban J connectivity index is 1.82. The Kier molecular flexibility index (Phi) is 4.77. The van der Waals surface area contributed by atoms with E-state index in [1.54, 1.807) is 0 Å². The summed E-state index contributed by atoms with van der Waals surface area (Å²) >= 11 is 0. The van der Waals surface area contributed by atoms with Crippen molar-refractivity contribution in [3.63, 3.8) is 0 Å². The average Bonchev–Trinajstić information content (AvgIpc) is 2.39. The number of likely N-dealkylation sites (N-methyl/N-ethyl adjacent to an activating group) is 1. The second kappa shape index (κ2) is 6.35. The molecule has 0 N–H and O–H groups in total. The van der Waals surface area contributed by atoms with Crippen molar-refractivity contribution in [1.29, 1.82) is 0 Å². The number of sulfone groups is 1. The van der Waals surface area contributed by atoms with E-state index in [1.807, 2.05) is 18.2 Å². The topological polar surface area (TPSA) is 37.4 Å². The fourth-order valence-electron chi connectivity index (χ4n) is 2.39. The van der Waals surface area contributed by atoms with Crippen molar-refractivity contribution >= 4 is 15.9 Å². The molecule has 1 aromatic carbocycles. The fourth-order valence-corrected chi connectivity index (χ4v) is 3.85. The normalized spacial score (nSPS) is 20.1. The summed E-state index contributed by atoms with van der Waals surface area (Å²) in [5.74, 6) is 0.675. The molecular formula is C15H21NO2S. The van der Waals surface area contributed by atoms with Crippen LogP contribution in [0.4, 0.5) is 0 Å². The molecule has 0 aromatic heterocycles. The third-order valence-corrected chi connectivity index (χ3v) is 5.37. The second-order valence-corrected chi connectivity index (χ2v) is 7.44. The molecule has 0 atom stereocenters. The lowest BCUT2D eigenvalue weighted by molar-refractivity contribution is 0.249. The monoisotopic (exact) mass is 279 g/mol. The molecule has 1 aliphatic heterocycles. The van der Waals surface area contributed by atoms with Crippen LogP contribution >= 0.6 is 0 Å². The molecule has 0 bridgehead atoms. The summed E-state index contributed by atoms with van der Waals surface area (Å²) in [5, 5.41) is 0. The van der Waals surface area contributed by atoms with Crippen molar-refractivity contribution in [3.8, 4) is 0 Å². The number of nitrogens with zero attached hydrogens (tertiary/aromatic N) is 1. The van der Waals surface area contributed by atoms with E-state index in [-0.39, 0.29) is 0 Å². The van der Waals surface area contributed by atoms with Gasteiger partial charge in [0, 0.05) is 12.6 Å². The molecule has 0 amide bonds. The average molecular weight is 279 g/mol. The summed E-state index contributed by atoms with van der Waals surface area (Å²) < 4.78 is 22.8. The Labute approximate surface area is 115 Å². The number of hydrogen-bond donors (Lipinski definition) is 0. The molecule has 3 nitrogen and oxygen atoms in total. The van der Waals surface area contributed by atoms with Crippen molar-refractivity contribution in [1.82, 2.24) is 4.90 Å². The van der Waals surface area contributed by atoms with Gasteiger partial charge < -0.3 is 0 Å². The highest BCUT2D eigenvalue weighted by molar-refractivity contribution is 7.91. The maximum absolute atomic E-state index is 11.4. The molecule has 0 aliphatic carbocycles.